The van der Waals surface area contributed by atoms with Gasteiger partial charge in [-0.3, -0.25) is 0 Å². The van der Waals surface area contributed by atoms with Crippen molar-refractivity contribution >= 4 is 17.9 Å². The van der Waals surface area contributed by atoms with E-state index in [4.69, 9.17) is 14.2 Å². The molecule has 0 heterocycles. The Morgan fingerprint density at radius 2 is 1.43 bits per heavy atom. The van der Waals surface area contributed by atoms with Crippen molar-refractivity contribution in [2.75, 3.05) is 0 Å². The molecule has 0 radical (unpaired) electrons. The van der Waals surface area contributed by atoms with Crippen molar-refractivity contribution in [3.05, 3.63) is 35.4 Å². The van der Waals surface area contributed by atoms with Gasteiger partial charge in [0.15, 0.2) is 6.10 Å². The van der Waals surface area contributed by atoms with Gasteiger partial charge in [-0.2, -0.15) is 8.78 Å². The minimum atomic E-state index is -4.31. The largest absolute Gasteiger partial charge is 0.544 e. The number of rotatable bonds is 10. The predicted molar refractivity (Wildman–Crippen MR) is 138 cm³/mol. The Kier molecular flexibility index (Phi) is 8.50. The highest BCUT2D eigenvalue weighted by Gasteiger charge is 2.55. The van der Waals surface area contributed by atoms with Crippen LogP contribution in [0.25, 0.3) is 0 Å². The van der Waals surface area contributed by atoms with E-state index >= 15 is 0 Å². The van der Waals surface area contributed by atoms with Crippen molar-refractivity contribution in [2.45, 2.75) is 102 Å². The molecule has 1 aromatic rings. The van der Waals surface area contributed by atoms with Crippen LogP contribution in [0.4, 0.5) is 8.78 Å². The lowest BCUT2D eigenvalue weighted by Gasteiger charge is -2.35. The summed E-state index contributed by atoms with van der Waals surface area (Å²) in [7, 11) is 0. The van der Waals surface area contributed by atoms with Crippen molar-refractivity contribution in [1.82, 2.24) is 0 Å². The number of ether oxygens (including phenoxy) is 3. The maximum atomic E-state index is 14.5. The first-order valence-corrected chi connectivity index (χ1v) is 14.8. The Morgan fingerprint density at radius 3 is 2.02 bits per heavy atom. The van der Waals surface area contributed by atoms with Crippen LogP contribution in [0.1, 0.15) is 98.8 Å². The summed E-state index contributed by atoms with van der Waals surface area (Å²) < 4.78 is 46.2. The van der Waals surface area contributed by atoms with Gasteiger partial charge >= 0.3 is 17.9 Å². The molecule has 5 rings (SSSR count). The lowest BCUT2D eigenvalue weighted by atomic mass is 9.80. The third-order valence-corrected chi connectivity index (χ3v) is 9.74. The maximum Gasteiger partial charge on any atom is 0.340 e. The van der Waals surface area contributed by atoms with Gasteiger partial charge in [0.05, 0.1) is 17.2 Å². The Hall–Kier alpha value is -2.55. The van der Waals surface area contributed by atoms with E-state index < -0.39 is 42.1 Å². The second-order valence-corrected chi connectivity index (χ2v) is 12.6. The van der Waals surface area contributed by atoms with Gasteiger partial charge in [-0.05, 0) is 86.5 Å². The molecule has 1 aromatic carbocycles. The molecule has 7 unspecified atom stereocenters. The number of carboxylic acid groups (broad SMARTS) is 1. The fourth-order valence-electron chi connectivity index (χ4n) is 7.77. The third-order valence-electron chi connectivity index (χ3n) is 9.74. The summed E-state index contributed by atoms with van der Waals surface area (Å²) in [6, 6.07) is 5.30. The van der Waals surface area contributed by atoms with Gasteiger partial charge in [-0.25, -0.2) is 9.59 Å². The maximum absolute atomic E-state index is 14.5. The highest BCUT2D eigenvalue weighted by Crippen LogP contribution is 2.59. The fraction of sp³-hybridized carbons (Fsp3) is 0.710. The summed E-state index contributed by atoms with van der Waals surface area (Å²) in [6.45, 7) is 3.88. The quantitative estimate of drug-likeness (QED) is 0.287. The number of esters is 2. The Bertz CT molecular complexity index is 1080. The zero-order chi connectivity index (χ0) is 28.6. The van der Waals surface area contributed by atoms with Gasteiger partial charge < -0.3 is 24.1 Å². The lowest BCUT2D eigenvalue weighted by Crippen LogP contribution is -2.54. The van der Waals surface area contributed by atoms with E-state index in [1.54, 1.807) is 0 Å². The van der Waals surface area contributed by atoms with Crippen molar-refractivity contribution in [3.8, 4) is 0 Å². The molecule has 0 aliphatic heterocycles. The van der Waals surface area contributed by atoms with E-state index in [-0.39, 0.29) is 23.1 Å². The zero-order valence-electron chi connectivity index (χ0n) is 23.2. The average Bonchev–Trinajstić information content (AvgIpc) is 3.66. The molecule has 40 heavy (non-hydrogen) atoms. The molecule has 0 saturated heterocycles. The SMILES string of the molecule is CC(C)C(OC(=O)c1ccc(C(=O)OC(C2CCCCC2)C(F)(F)C(=O)[O-])cc1)OC1CC2CC1C1CCCC21. The highest BCUT2D eigenvalue weighted by atomic mass is 19.3. The standard InChI is InChI=1S/C31H40F2O7/c1-17(2)29(38-25-16-21-15-24(25)23-10-6-9-22(21)23)40-28(35)20-13-11-19(12-14-20)27(34)39-26(31(32,33)30(36)37)18-7-4-3-5-8-18/h11-14,17-18,21-26,29H,3-10,15-16H2,1-2H3,(H,36,37)/p-1. The molecule has 4 aliphatic rings. The molecule has 9 heteroatoms. The molecule has 4 fully saturated rings. The summed E-state index contributed by atoms with van der Waals surface area (Å²) in [4.78, 5) is 36.9. The normalized spacial score (nSPS) is 29.7. The minimum absolute atomic E-state index is 0.0567. The number of benzene rings is 1. The molecule has 0 amide bonds. The van der Waals surface area contributed by atoms with Crippen molar-refractivity contribution in [3.63, 3.8) is 0 Å². The monoisotopic (exact) mass is 561 g/mol. The van der Waals surface area contributed by atoms with Crippen molar-refractivity contribution in [2.24, 2.45) is 35.5 Å². The molecule has 0 aromatic heterocycles. The lowest BCUT2D eigenvalue weighted by molar-refractivity contribution is -0.337. The van der Waals surface area contributed by atoms with Crippen LogP contribution < -0.4 is 5.11 Å². The van der Waals surface area contributed by atoms with Gasteiger partial charge in [0.2, 0.25) is 6.29 Å². The zero-order valence-corrected chi connectivity index (χ0v) is 23.2. The number of hydrogen-bond acceptors (Lipinski definition) is 7. The van der Waals surface area contributed by atoms with Gasteiger partial charge in [0.25, 0.3) is 0 Å². The van der Waals surface area contributed by atoms with Crippen LogP contribution in [0.5, 0.6) is 0 Å². The second-order valence-electron chi connectivity index (χ2n) is 12.6. The molecule has 7 atom stereocenters. The number of fused-ring (bicyclic) bond motifs is 5. The van der Waals surface area contributed by atoms with Crippen LogP contribution in [0.2, 0.25) is 0 Å². The van der Waals surface area contributed by atoms with Crippen LogP contribution in [-0.2, 0) is 19.0 Å². The molecule has 4 saturated carbocycles. The Balaban J connectivity index is 1.20. The number of alkyl halides is 2. The van der Waals surface area contributed by atoms with E-state index in [1.165, 1.54) is 49.9 Å². The number of carboxylic acids is 1. The first kappa shape index (κ1) is 29.0. The van der Waals surface area contributed by atoms with Crippen LogP contribution in [0.15, 0.2) is 24.3 Å². The van der Waals surface area contributed by atoms with Gasteiger partial charge in [-0.15, -0.1) is 0 Å². The first-order valence-electron chi connectivity index (χ1n) is 14.8. The molecule has 220 valence electrons. The number of halogens is 2. The van der Waals surface area contributed by atoms with Gasteiger partial charge in [0.1, 0.15) is 5.97 Å². The topological polar surface area (TPSA) is 102 Å². The smallest absolute Gasteiger partial charge is 0.340 e. The highest BCUT2D eigenvalue weighted by molar-refractivity contribution is 5.93. The van der Waals surface area contributed by atoms with Crippen LogP contribution in [-0.4, -0.2) is 42.3 Å². The summed E-state index contributed by atoms with van der Waals surface area (Å²) in [6.07, 6.45) is 6.22. The molecule has 0 N–H and O–H groups in total. The van der Waals surface area contributed by atoms with Crippen molar-refractivity contribution < 1.29 is 42.5 Å². The van der Waals surface area contributed by atoms with Crippen LogP contribution in [0, 0.1) is 35.5 Å². The number of hydrogen-bond donors (Lipinski definition) is 0. The minimum Gasteiger partial charge on any atom is -0.544 e. The van der Waals surface area contributed by atoms with E-state index in [0.29, 0.717) is 37.5 Å². The number of aliphatic carboxylic acids is 1. The summed E-state index contributed by atoms with van der Waals surface area (Å²) >= 11 is 0. The number of carbonyl (C=O) groups is 3. The molecular weight excluding hydrogens is 522 g/mol. The molecule has 2 bridgehead atoms. The molecule has 0 spiro atoms. The summed E-state index contributed by atoms with van der Waals surface area (Å²) in [5.74, 6) is -6.60. The van der Waals surface area contributed by atoms with E-state index in [0.717, 1.165) is 24.7 Å². The van der Waals surface area contributed by atoms with Gasteiger partial charge in [0, 0.05) is 11.8 Å². The molecule has 4 aliphatic carbocycles. The Labute approximate surface area is 233 Å². The third kappa shape index (κ3) is 5.76. The number of carbonyl (C=O) groups excluding carboxylic acids is 3. The van der Waals surface area contributed by atoms with Crippen LogP contribution in [0.3, 0.4) is 0 Å². The van der Waals surface area contributed by atoms with E-state index in [9.17, 15) is 28.3 Å². The molecular formula is C31H39F2O7-. The second kappa shape index (κ2) is 11.7. The van der Waals surface area contributed by atoms with E-state index in [1.807, 2.05) is 13.8 Å². The first-order chi connectivity index (χ1) is 19.1. The predicted octanol–water partition coefficient (Wildman–Crippen LogP) is 5.16. The van der Waals surface area contributed by atoms with Gasteiger partial charge in [-0.1, -0.05) is 39.5 Å². The summed E-state index contributed by atoms with van der Waals surface area (Å²) in [5.41, 5.74) is 0.106. The average molecular weight is 562 g/mol. The summed E-state index contributed by atoms with van der Waals surface area (Å²) in [5, 5.41) is 11.2. The van der Waals surface area contributed by atoms with Crippen molar-refractivity contribution in [1.29, 1.82) is 0 Å². The Morgan fingerprint density at radius 1 is 0.825 bits per heavy atom. The van der Waals surface area contributed by atoms with E-state index in [2.05, 4.69) is 0 Å². The van der Waals surface area contributed by atoms with Crippen LogP contribution >= 0.6 is 0 Å². The molecule has 7 nitrogen and oxygen atoms in total. The fourth-order valence-corrected chi connectivity index (χ4v) is 7.77.